The van der Waals surface area contributed by atoms with Crippen LogP contribution >= 0.6 is 0 Å². The van der Waals surface area contributed by atoms with Crippen molar-refractivity contribution in [2.75, 3.05) is 0 Å². The molecule has 5 nitrogen and oxygen atoms in total. The molecule has 1 aliphatic carbocycles. The molecule has 0 unspecified atom stereocenters. The van der Waals surface area contributed by atoms with E-state index < -0.39 is 5.91 Å². The van der Waals surface area contributed by atoms with Gasteiger partial charge in [0.2, 0.25) is 0 Å². The summed E-state index contributed by atoms with van der Waals surface area (Å²) in [7, 11) is 0. The molecule has 2 aliphatic rings. The van der Waals surface area contributed by atoms with Gasteiger partial charge in [0.05, 0.1) is 17.0 Å². The van der Waals surface area contributed by atoms with Gasteiger partial charge in [-0.2, -0.15) is 0 Å². The van der Waals surface area contributed by atoms with Gasteiger partial charge in [-0.3, -0.25) is 14.9 Å². The number of hydrogen-bond acceptors (Lipinski definition) is 4. The Morgan fingerprint density at radius 2 is 1.86 bits per heavy atom. The Balaban J connectivity index is 2.53. The van der Waals surface area contributed by atoms with Gasteiger partial charge in [0.25, 0.3) is 11.8 Å². The summed E-state index contributed by atoms with van der Waals surface area (Å²) < 4.78 is 0. The summed E-state index contributed by atoms with van der Waals surface area (Å²) in [6.45, 7) is 0. The Hall–Kier alpha value is -2.04. The third-order valence-corrected chi connectivity index (χ3v) is 2.23. The van der Waals surface area contributed by atoms with E-state index in [4.69, 9.17) is 11.5 Å². The number of hydrogen-bond donors (Lipinski definition) is 3. The Kier molecular flexibility index (Phi) is 1.67. The van der Waals surface area contributed by atoms with Crippen molar-refractivity contribution in [3.05, 3.63) is 34.7 Å². The molecule has 14 heavy (non-hydrogen) atoms. The highest BCUT2D eigenvalue weighted by Crippen LogP contribution is 2.22. The molecule has 2 rings (SSSR count). The van der Waals surface area contributed by atoms with Crippen LogP contribution in [0, 0.1) is 0 Å². The molecule has 72 valence electrons. The number of amides is 2. The maximum atomic E-state index is 11.3. The number of nitrogens with two attached hydrogens (primary N) is 2. The van der Waals surface area contributed by atoms with Crippen LogP contribution in [0.15, 0.2) is 34.7 Å². The second-order valence-electron chi connectivity index (χ2n) is 3.14. The largest absolute Gasteiger partial charge is 0.397 e. The Labute approximate surface area is 80.1 Å². The van der Waals surface area contributed by atoms with Crippen LogP contribution in [0.2, 0.25) is 0 Å². The lowest BCUT2D eigenvalue weighted by atomic mass is 10.1. The third kappa shape index (κ3) is 1.10. The maximum Gasteiger partial charge on any atom is 0.258 e. The lowest BCUT2D eigenvalue weighted by molar-refractivity contribution is -0.124. The first kappa shape index (κ1) is 8.55. The van der Waals surface area contributed by atoms with Gasteiger partial charge >= 0.3 is 0 Å². The highest BCUT2D eigenvalue weighted by molar-refractivity contribution is 6.21. The first-order valence-electron chi connectivity index (χ1n) is 4.11. The van der Waals surface area contributed by atoms with E-state index in [1.165, 1.54) is 6.08 Å². The quantitative estimate of drug-likeness (QED) is 0.429. The van der Waals surface area contributed by atoms with Gasteiger partial charge in [-0.25, -0.2) is 0 Å². The van der Waals surface area contributed by atoms with Gasteiger partial charge in [0.15, 0.2) is 0 Å². The molecule has 0 aromatic heterocycles. The topological polar surface area (TPSA) is 98.2 Å². The minimum atomic E-state index is -0.406. The summed E-state index contributed by atoms with van der Waals surface area (Å²) in [5.41, 5.74) is 12.6. The van der Waals surface area contributed by atoms with Crippen LogP contribution in [-0.2, 0) is 9.59 Å². The molecule has 0 saturated heterocycles. The fourth-order valence-corrected chi connectivity index (χ4v) is 1.43. The normalized spacial score (nSPS) is 21.1. The minimum absolute atomic E-state index is 0.319. The Bertz CT molecular complexity index is 429. The molecule has 0 saturated carbocycles. The lowest BCUT2D eigenvalue weighted by Crippen LogP contribution is -2.23. The summed E-state index contributed by atoms with van der Waals surface area (Å²) in [5, 5.41) is 2.20. The highest BCUT2D eigenvalue weighted by atomic mass is 16.2. The standard InChI is InChI=1S/C9H9N3O2/c10-6-2-1-4-5(3-7(6)11)9(14)12-8(4)13/h2-3H,1,10-11H2,(H,12,13,14). The molecule has 1 aliphatic heterocycles. The second kappa shape index (κ2) is 2.73. The average Bonchev–Trinajstić information content (AvgIpc) is 2.31. The molecule has 0 radical (unpaired) electrons. The second-order valence-corrected chi connectivity index (χ2v) is 3.14. The molecule has 2 amide bonds. The van der Waals surface area contributed by atoms with Crippen molar-refractivity contribution in [2.45, 2.75) is 6.42 Å². The molecule has 5 N–H and O–H groups in total. The van der Waals surface area contributed by atoms with Crippen molar-refractivity contribution in [2.24, 2.45) is 11.5 Å². The SMILES string of the molecule is NC1=CCC2=C(C=C1N)C(=O)NC2=O. The van der Waals surface area contributed by atoms with Crippen LogP contribution in [0.4, 0.5) is 0 Å². The van der Waals surface area contributed by atoms with E-state index in [0.717, 1.165) is 0 Å². The summed E-state index contributed by atoms with van der Waals surface area (Å²) in [6, 6.07) is 0. The number of nitrogens with one attached hydrogen (secondary N) is 1. The summed E-state index contributed by atoms with van der Waals surface area (Å²) in [4.78, 5) is 22.5. The van der Waals surface area contributed by atoms with Gasteiger partial charge in [0.1, 0.15) is 0 Å². The van der Waals surface area contributed by atoms with Crippen molar-refractivity contribution in [1.29, 1.82) is 0 Å². The number of carbonyl (C=O) groups is 2. The van der Waals surface area contributed by atoms with Gasteiger partial charge < -0.3 is 11.5 Å². The molecule has 0 spiro atoms. The zero-order valence-corrected chi connectivity index (χ0v) is 7.33. The van der Waals surface area contributed by atoms with Gasteiger partial charge in [-0.15, -0.1) is 0 Å². The van der Waals surface area contributed by atoms with Crippen LogP contribution in [0.5, 0.6) is 0 Å². The molecule has 0 aromatic carbocycles. The summed E-state index contributed by atoms with van der Waals surface area (Å²) in [6.07, 6.45) is 3.41. The number of carbonyl (C=O) groups excluding carboxylic acids is 2. The van der Waals surface area contributed by atoms with E-state index in [1.807, 2.05) is 0 Å². The van der Waals surface area contributed by atoms with Crippen LogP contribution in [0.1, 0.15) is 6.42 Å². The molecule has 0 aromatic rings. The summed E-state index contributed by atoms with van der Waals surface area (Å²) >= 11 is 0. The predicted octanol–water partition coefficient (Wildman–Crippen LogP) is -0.972. The van der Waals surface area contributed by atoms with Gasteiger partial charge in [0, 0.05) is 5.57 Å². The highest BCUT2D eigenvalue weighted by Gasteiger charge is 2.29. The van der Waals surface area contributed by atoms with Crippen molar-refractivity contribution < 1.29 is 9.59 Å². The summed E-state index contributed by atoms with van der Waals surface area (Å²) in [5.74, 6) is -0.768. The molecule has 0 bridgehead atoms. The van der Waals surface area contributed by atoms with Crippen LogP contribution in [-0.4, -0.2) is 11.8 Å². The molecule has 0 fully saturated rings. The van der Waals surface area contributed by atoms with Crippen LogP contribution in [0.25, 0.3) is 0 Å². The molecule has 0 atom stereocenters. The van der Waals surface area contributed by atoms with Gasteiger partial charge in [-0.1, -0.05) is 6.08 Å². The third-order valence-electron chi connectivity index (χ3n) is 2.23. The number of rotatable bonds is 0. The van der Waals surface area contributed by atoms with Crippen LogP contribution in [0.3, 0.4) is 0 Å². The molecule has 1 heterocycles. The minimum Gasteiger partial charge on any atom is -0.397 e. The van der Waals surface area contributed by atoms with Crippen molar-refractivity contribution in [1.82, 2.24) is 5.32 Å². The van der Waals surface area contributed by atoms with E-state index in [9.17, 15) is 9.59 Å². The van der Waals surface area contributed by atoms with E-state index in [-0.39, 0.29) is 5.91 Å². The predicted molar refractivity (Wildman–Crippen MR) is 49.3 cm³/mol. The fourth-order valence-electron chi connectivity index (χ4n) is 1.43. The van der Waals surface area contributed by atoms with Crippen molar-refractivity contribution in [3.8, 4) is 0 Å². The van der Waals surface area contributed by atoms with E-state index in [2.05, 4.69) is 5.32 Å². The van der Waals surface area contributed by atoms with E-state index in [1.54, 1.807) is 6.08 Å². The number of allylic oxidation sites excluding steroid dienone is 1. The Morgan fingerprint density at radius 3 is 2.57 bits per heavy atom. The average molecular weight is 191 g/mol. The fraction of sp³-hybridized carbons (Fsp3) is 0.111. The molecular formula is C9H9N3O2. The van der Waals surface area contributed by atoms with E-state index in [0.29, 0.717) is 29.0 Å². The zero-order chi connectivity index (χ0) is 10.3. The van der Waals surface area contributed by atoms with Gasteiger partial charge in [-0.05, 0) is 12.5 Å². The van der Waals surface area contributed by atoms with E-state index >= 15 is 0 Å². The maximum absolute atomic E-state index is 11.3. The number of imide groups is 1. The zero-order valence-electron chi connectivity index (χ0n) is 7.33. The monoisotopic (exact) mass is 191 g/mol. The van der Waals surface area contributed by atoms with Crippen molar-refractivity contribution >= 4 is 11.8 Å². The smallest absolute Gasteiger partial charge is 0.258 e. The first-order valence-corrected chi connectivity index (χ1v) is 4.11. The molecule has 5 heteroatoms. The Morgan fingerprint density at radius 1 is 1.14 bits per heavy atom. The van der Waals surface area contributed by atoms with Crippen molar-refractivity contribution in [3.63, 3.8) is 0 Å². The molecular weight excluding hydrogens is 182 g/mol. The first-order chi connectivity index (χ1) is 6.59. The van der Waals surface area contributed by atoms with Crippen LogP contribution < -0.4 is 16.8 Å². The lowest BCUT2D eigenvalue weighted by Gasteiger charge is -1.99.